The van der Waals surface area contributed by atoms with Crippen molar-refractivity contribution >= 4 is 10.8 Å². The molecule has 0 heterocycles. The van der Waals surface area contributed by atoms with Gasteiger partial charge in [0.05, 0.1) is 0 Å². The molecule has 3 aromatic carbocycles. The highest BCUT2D eigenvalue weighted by Crippen LogP contribution is 2.31. The quantitative estimate of drug-likeness (QED) is 0.276. The van der Waals surface area contributed by atoms with Crippen molar-refractivity contribution < 1.29 is 4.39 Å². The van der Waals surface area contributed by atoms with Gasteiger partial charge in [-0.1, -0.05) is 80.9 Å². The Hall–Kier alpha value is -2.85. The third-order valence-corrected chi connectivity index (χ3v) is 6.93. The van der Waals surface area contributed by atoms with Crippen LogP contribution in [-0.4, -0.2) is 0 Å². The summed E-state index contributed by atoms with van der Waals surface area (Å²) in [6.07, 6.45) is 11.4. The molecule has 1 fully saturated rings. The van der Waals surface area contributed by atoms with E-state index in [9.17, 15) is 4.39 Å². The molecule has 1 heteroatoms. The van der Waals surface area contributed by atoms with E-state index in [4.69, 9.17) is 0 Å². The molecule has 1 saturated carbocycles. The van der Waals surface area contributed by atoms with Crippen molar-refractivity contribution in [3.63, 3.8) is 0 Å². The molecule has 0 aromatic heterocycles. The van der Waals surface area contributed by atoms with Crippen molar-refractivity contribution in [1.29, 1.82) is 0 Å². The van der Waals surface area contributed by atoms with Gasteiger partial charge in [-0.15, -0.1) is 6.58 Å². The third kappa shape index (κ3) is 5.68. The normalized spacial score (nSPS) is 18.2. The van der Waals surface area contributed by atoms with Crippen molar-refractivity contribution in [2.75, 3.05) is 0 Å². The summed E-state index contributed by atoms with van der Waals surface area (Å²) in [7, 11) is 0. The van der Waals surface area contributed by atoms with Crippen molar-refractivity contribution in [2.45, 2.75) is 58.3 Å². The maximum absolute atomic E-state index is 14.7. The molecule has 1 aliphatic carbocycles. The fourth-order valence-corrected chi connectivity index (χ4v) is 4.75. The van der Waals surface area contributed by atoms with Gasteiger partial charge >= 0.3 is 0 Å². The number of hydrogen-bond acceptors (Lipinski definition) is 0. The van der Waals surface area contributed by atoms with Gasteiger partial charge < -0.3 is 0 Å². The minimum atomic E-state index is -0.123. The van der Waals surface area contributed by atoms with E-state index in [1.807, 2.05) is 36.4 Å². The van der Waals surface area contributed by atoms with E-state index in [1.165, 1.54) is 37.7 Å². The van der Waals surface area contributed by atoms with Gasteiger partial charge in [-0.05, 0) is 78.3 Å². The molecule has 3 aromatic rings. The summed E-state index contributed by atoms with van der Waals surface area (Å²) in [5.74, 6) is 8.21. The summed E-state index contributed by atoms with van der Waals surface area (Å²) in [5, 5.41) is 1.55. The second kappa shape index (κ2) is 10.6. The fourth-order valence-electron chi connectivity index (χ4n) is 4.75. The summed E-state index contributed by atoms with van der Waals surface area (Å²) < 4.78 is 14.7. The molecule has 4 rings (SSSR count). The highest BCUT2D eigenvalue weighted by molar-refractivity contribution is 5.85. The average Bonchev–Trinajstić information content (AvgIpc) is 2.82. The summed E-state index contributed by atoms with van der Waals surface area (Å²) in [6, 6.07) is 18.3. The number of hydrogen-bond donors (Lipinski definition) is 0. The molecule has 0 aliphatic heterocycles. The first-order valence-corrected chi connectivity index (χ1v) is 12.1. The second-order valence-electron chi connectivity index (χ2n) is 9.41. The zero-order chi connectivity index (χ0) is 22.3. The van der Waals surface area contributed by atoms with E-state index < -0.39 is 0 Å². The fraction of sp³-hybridized carbons (Fsp3) is 0.355. The summed E-state index contributed by atoms with van der Waals surface area (Å²) in [4.78, 5) is 0. The topological polar surface area (TPSA) is 0 Å². The Balaban J connectivity index is 1.39. The van der Waals surface area contributed by atoms with Crippen LogP contribution < -0.4 is 0 Å². The molecule has 0 amide bonds. The first kappa shape index (κ1) is 22.3. The van der Waals surface area contributed by atoms with Gasteiger partial charge in [0.15, 0.2) is 0 Å². The van der Waals surface area contributed by atoms with Crippen molar-refractivity contribution in [2.24, 2.45) is 11.8 Å². The zero-order valence-corrected chi connectivity index (χ0v) is 19.2. The number of halogens is 1. The van der Waals surface area contributed by atoms with Crippen LogP contribution >= 0.6 is 0 Å². The van der Waals surface area contributed by atoms with E-state index in [-0.39, 0.29) is 5.82 Å². The maximum atomic E-state index is 14.7. The Kier molecular flexibility index (Phi) is 7.43. The molecule has 0 N–H and O–H groups in total. The Bertz CT molecular complexity index is 1120. The third-order valence-electron chi connectivity index (χ3n) is 6.93. The highest BCUT2D eigenvalue weighted by Gasteiger charge is 2.17. The monoisotopic (exact) mass is 424 g/mol. The molecule has 0 bridgehead atoms. The lowest BCUT2D eigenvalue weighted by Crippen LogP contribution is -2.12. The lowest BCUT2D eigenvalue weighted by Gasteiger charge is -2.26. The van der Waals surface area contributed by atoms with Crippen LogP contribution in [0.5, 0.6) is 0 Å². The molecule has 0 unspecified atom stereocenters. The largest absolute Gasteiger partial charge is 0.206 e. The number of allylic oxidation sites excluding steroid dienone is 1. The van der Waals surface area contributed by atoms with Crippen LogP contribution in [0.1, 0.15) is 67.7 Å². The van der Waals surface area contributed by atoms with Gasteiger partial charge in [0.2, 0.25) is 0 Å². The van der Waals surface area contributed by atoms with E-state index in [1.54, 1.807) is 0 Å². The Morgan fingerprint density at radius 1 is 0.906 bits per heavy atom. The zero-order valence-electron chi connectivity index (χ0n) is 19.2. The molecule has 32 heavy (non-hydrogen) atoms. The van der Waals surface area contributed by atoms with Crippen LogP contribution in [0, 0.1) is 29.5 Å². The second-order valence-corrected chi connectivity index (χ2v) is 9.41. The maximum Gasteiger partial charge on any atom is 0.134 e. The lowest BCUT2D eigenvalue weighted by molar-refractivity contribution is 0.278. The minimum Gasteiger partial charge on any atom is -0.206 e. The molecular weight excluding hydrogens is 391 g/mol. The van der Waals surface area contributed by atoms with Gasteiger partial charge in [-0.3, -0.25) is 0 Å². The van der Waals surface area contributed by atoms with Crippen LogP contribution in [-0.2, 0) is 12.8 Å². The van der Waals surface area contributed by atoms with Crippen molar-refractivity contribution in [3.05, 3.63) is 95.3 Å². The minimum absolute atomic E-state index is 0.123. The number of aryl methyl sites for hydroxylation is 2. The smallest absolute Gasteiger partial charge is 0.134 e. The highest BCUT2D eigenvalue weighted by atomic mass is 19.1. The van der Waals surface area contributed by atoms with E-state index in [0.29, 0.717) is 11.8 Å². The lowest BCUT2D eigenvalue weighted by atomic mass is 9.80. The molecule has 0 saturated heterocycles. The van der Waals surface area contributed by atoms with E-state index >= 15 is 0 Å². The summed E-state index contributed by atoms with van der Waals surface area (Å²) in [6.45, 7) is 6.11. The van der Waals surface area contributed by atoms with Gasteiger partial charge in [-0.2, -0.15) is 0 Å². The van der Waals surface area contributed by atoms with Gasteiger partial charge in [0.25, 0.3) is 0 Å². The first-order valence-electron chi connectivity index (χ1n) is 12.1. The van der Waals surface area contributed by atoms with Gasteiger partial charge in [0, 0.05) is 16.5 Å². The summed E-state index contributed by atoms with van der Waals surface area (Å²) >= 11 is 0. The Morgan fingerprint density at radius 3 is 2.38 bits per heavy atom. The number of benzene rings is 3. The van der Waals surface area contributed by atoms with Crippen LogP contribution in [0.3, 0.4) is 0 Å². The molecule has 0 spiro atoms. The van der Waals surface area contributed by atoms with E-state index in [0.717, 1.165) is 46.8 Å². The number of rotatable bonds is 6. The SMILES string of the molecule is C=CCCc1ccc2cc(C#Cc3ccc(CCC4CCC(C)CC4)cc3)ccc2c1F. The Labute approximate surface area is 192 Å². The Morgan fingerprint density at radius 2 is 1.62 bits per heavy atom. The van der Waals surface area contributed by atoms with Crippen LogP contribution in [0.25, 0.3) is 10.8 Å². The molecule has 0 atom stereocenters. The molecular formula is C31H33F. The summed E-state index contributed by atoms with van der Waals surface area (Å²) in [5.41, 5.74) is 4.08. The number of fused-ring (bicyclic) bond motifs is 1. The molecule has 1 aliphatic rings. The van der Waals surface area contributed by atoms with E-state index in [2.05, 4.69) is 49.6 Å². The molecule has 164 valence electrons. The molecule has 0 radical (unpaired) electrons. The average molecular weight is 425 g/mol. The van der Waals surface area contributed by atoms with Crippen LogP contribution in [0.15, 0.2) is 67.3 Å². The van der Waals surface area contributed by atoms with Gasteiger partial charge in [-0.25, -0.2) is 4.39 Å². The van der Waals surface area contributed by atoms with Crippen LogP contribution in [0.2, 0.25) is 0 Å². The van der Waals surface area contributed by atoms with Gasteiger partial charge in [0.1, 0.15) is 5.82 Å². The van der Waals surface area contributed by atoms with Crippen molar-refractivity contribution in [3.8, 4) is 11.8 Å². The first-order chi connectivity index (χ1) is 15.6. The van der Waals surface area contributed by atoms with Crippen LogP contribution in [0.4, 0.5) is 4.39 Å². The molecule has 0 nitrogen and oxygen atoms in total. The predicted octanol–water partition coefficient (Wildman–Crippen LogP) is 8.26. The standard InChI is InChI=1S/C31H33F/c1-3-4-5-28-19-20-29-22-27(18-21-30(29)31(28)32)17-16-26-14-12-25(13-15-26)11-10-24-8-6-23(2)7-9-24/h3,12-15,18-24H,1,4-11H2,2H3. The predicted molar refractivity (Wildman–Crippen MR) is 134 cm³/mol. The van der Waals surface area contributed by atoms with Crippen molar-refractivity contribution in [1.82, 2.24) is 0 Å².